The fourth-order valence-electron chi connectivity index (χ4n) is 6.34. The quantitative estimate of drug-likeness (QED) is 0.132. The largest absolute Gasteiger partial charge is 0.506 e. The first-order chi connectivity index (χ1) is 23.1. The van der Waals surface area contributed by atoms with Crippen molar-refractivity contribution in [1.29, 1.82) is 0 Å². The molecule has 0 spiro atoms. The van der Waals surface area contributed by atoms with Crippen molar-refractivity contribution in [1.82, 2.24) is 20.2 Å². The van der Waals surface area contributed by atoms with E-state index in [-0.39, 0.29) is 34.9 Å². The van der Waals surface area contributed by atoms with Crippen molar-refractivity contribution in [3.63, 3.8) is 0 Å². The van der Waals surface area contributed by atoms with Crippen LogP contribution in [0.25, 0.3) is 22.0 Å². The molecular weight excluding hydrogens is 612 g/mol. The molecular formula is C37H36N4O7. The Bertz CT molecular complexity index is 2010. The number of aromatic amines is 1. The van der Waals surface area contributed by atoms with Crippen LogP contribution in [-0.2, 0) is 10.4 Å². The second-order valence-corrected chi connectivity index (χ2v) is 12.1. The molecule has 0 unspecified atom stereocenters. The van der Waals surface area contributed by atoms with Crippen LogP contribution in [0, 0.1) is 5.92 Å². The van der Waals surface area contributed by atoms with Crippen molar-refractivity contribution < 1.29 is 30.0 Å². The van der Waals surface area contributed by atoms with E-state index < -0.39 is 17.7 Å². The fourth-order valence-corrected chi connectivity index (χ4v) is 6.34. The number of carbonyl (C=O) groups is 2. The molecule has 3 aromatic carbocycles. The maximum Gasteiger partial charge on any atom is 0.345 e. The van der Waals surface area contributed by atoms with Crippen molar-refractivity contribution in [2.24, 2.45) is 5.92 Å². The van der Waals surface area contributed by atoms with Crippen LogP contribution in [0.15, 0.2) is 102 Å². The van der Waals surface area contributed by atoms with E-state index in [1.807, 2.05) is 0 Å². The highest BCUT2D eigenvalue weighted by molar-refractivity contribution is 5.95. The van der Waals surface area contributed by atoms with E-state index in [1.54, 1.807) is 83.9 Å². The molecule has 0 bridgehead atoms. The number of hydrogen-bond acceptors (Lipinski definition) is 8. The SMILES string of the molecule is O=C(c1cncc(-c2cccc([C@](O)(C(=O)O)c3ccccc3)c2)c1)N1CCC(CNC[C@H](O)c2ccc(O)c3[nH]c(=O)ccc23)CC1. The number of carbonyl (C=O) groups excluding carboxylic acids is 1. The number of aliphatic hydroxyl groups is 2. The van der Waals surface area contributed by atoms with E-state index >= 15 is 0 Å². The first kappa shape index (κ1) is 32.6. The Labute approximate surface area is 276 Å². The Morgan fingerprint density at radius 3 is 2.44 bits per heavy atom. The number of aromatic hydroxyl groups is 1. The zero-order valence-corrected chi connectivity index (χ0v) is 26.0. The lowest BCUT2D eigenvalue weighted by molar-refractivity contribution is -0.155. The van der Waals surface area contributed by atoms with Gasteiger partial charge in [-0.2, -0.15) is 0 Å². The maximum absolute atomic E-state index is 13.5. The van der Waals surface area contributed by atoms with Gasteiger partial charge in [-0.25, -0.2) is 4.79 Å². The molecule has 0 radical (unpaired) electrons. The highest BCUT2D eigenvalue weighted by Crippen LogP contribution is 2.33. The van der Waals surface area contributed by atoms with Gasteiger partial charge in [-0.1, -0.05) is 54.6 Å². The molecule has 1 saturated heterocycles. The Balaban J connectivity index is 1.07. The number of aliphatic hydroxyl groups excluding tert-OH is 1. The van der Waals surface area contributed by atoms with Gasteiger partial charge in [0.1, 0.15) is 5.75 Å². The zero-order chi connectivity index (χ0) is 33.8. The monoisotopic (exact) mass is 648 g/mol. The normalized spacial score (nSPS) is 15.6. The van der Waals surface area contributed by atoms with Gasteiger partial charge in [0, 0.05) is 54.6 Å². The molecule has 2 atom stereocenters. The van der Waals surface area contributed by atoms with Gasteiger partial charge in [-0.15, -0.1) is 0 Å². The number of phenolic OH excluding ortho intramolecular Hbond substituents is 1. The van der Waals surface area contributed by atoms with Crippen molar-refractivity contribution in [2.45, 2.75) is 24.5 Å². The first-order valence-electron chi connectivity index (χ1n) is 15.8. The molecule has 246 valence electrons. The third-order valence-electron chi connectivity index (χ3n) is 9.04. The molecule has 48 heavy (non-hydrogen) atoms. The number of nitrogens with one attached hydrogen (secondary N) is 2. The van der Waals surface area contributed by atoms with Crippen LogP contribution < -0.4 is 10.9 Å². The molecule has 1 aliphatic rings. The number of benzene rings is 3. The first-order valence-corrected chi connectivity index (χ1v) is 15.8. The van der Waals surface area contributed by atoms with Crippen LogP contribution in [-0.4, -0.2) is 73.3 Å². The smallest absolute Gasteiger partial charge is 0.345 e. The Kier molecular flexibility index (Phi) is 9.35. The van der Waals surface area contributed by atoms with Gasteiger partial charge in [0.05, 0.1) is 17.2 Å². The molecule has 6 rings (SSSR count). The molecule has 5 aromatic rings. The van der Waals surface area contributed by atoms with E-state index in [0.29, 0.717) is 58.7 Å². The van der Waals surface area contributed by atoms with Crippen molar-refractivity contribution in [3.05, 3.63) is 130 Å². The minimum absolute atomic E-state index is 0.0584. The molecule has 0 aliphatic carbocycles. The van der Waals surface area contributed by atoms with Crippen LogP contribution in [0.5, 0.6) is 5.75 Å². The lowest BCUT2D eigenvalue weighted by Crippen LogP contribution is -2.41. The summed E-state index contributed by atoms with van der Waals surface area (Å²) in [6.45, 7) is 2.07. The highest BCUT2D eigenvalue weighted by atomic mass is 16.4. The summed E-state index contributed by atoms with van der Waals surface area (Å²) >= 11 is 0. The number of pyridine rings is 2. The van der Waals surface area contributed by atoms with Crippen LogP contribution in [0.4, 0.5) is 0 Å². The van der Waals surface area contributed by atoms with E-state index in [9.17, 15) is 34.8 Å². The predicted octanol–water partition coefficient (Wildman–Crippen LogP) is 3.79. The minimum atomic E-state index is -2.25. The third kappa shape index (κ3) is 6.56. The van der Waals surface area contributed by atoms with Crippen LogP contribution in [0.3, 0.4) is 0 Å². The standard InChI is InChI=1S/C37H36N4O7/c42-31-11-9-29(30-10-12-33(44)40-34(30)31)32(43)22-38-19-23-13-15-41(16-14-23)35(45)26-17-25(20-39-21-26)24-5-4-8-28(18-24)37(48,36(46)47)27-6-2-1-3-7-27/h1-12,17-18,20-21,23,32,38,42-43,48H,13-16,19,22H2,(H,40,44)(H,46,47)/t32-,37-/m0/s1. The number of fused-ring (bicyclic) bond motifs is 1. The number of phenols is 1. The summed E-state index contributed by atoms with van der Waals surface area (Å²) in [6, 6.07) is 22.6. The lowest BCUT2D eigenvalue weighted by Gasteiger charge is -2.32. The summed E-state index contributed by atoms with van der Waals surface area (Å²) in [5.74, 6) is -1.30. The van der Waals surface area contributed by atoms with Crippen LogP contribution in [0.1, 0.15) is 46.0 Å². The van der Waals surface area contributed by atoms with E-state index in [4.69, 9.17) is 0 Å². The van der Waals surface area contributed by atoms with E-state index in [1.165, 1.54) is 18.3 Å². The number of H-pyrrole nitrogens is 1. The molecule has 1 fully saturated rings. The molecule has 11 nitrogen and oxygen atoms in total. The van der Waals surface area contributed by atoms with Crippen molar-refractivity contribution in [3.8, 4) is 16.9 Å². The number of carboxylic acids is 1. The average Bonchev–Trinajstić information content (AvgIpc) is 3.12. The number of amides is 1. The molecule has 3 heterocycles. The summed E-state index contributed by atoms with van der Waals surface area (Å²) < 4.78 is 0. The molecule has 6 N–H and O–H groups in total. The number of carboxylic acid groups (broad SMARTS) is 1. The molecule has 0 saturated carbocycles. The van der Waals surface area contributed by atoms with Crippen molar-refractivity contribution >= 4 is 22.8 Å². The molecule has 11 heteroatoms. The predicted molar refractivity (Wildman–Crippen MR) is 179 cm³/mol. The van der Waals surface area contributed by atoms with Crippen LogP contribution >= 0.6 is 0 Å². The second-order valence-electron chi connectivity index (χ2n) is 12.1. The average molecular weight is 649 g/mol. The summed E-state index contributed by atoms with van der Waals surface area (Å²) in [4.78, 5) is 46.2. The van der Waals surface area contributed by atoms with E-state index in [2.05, 4.69) is 15.3 Å². The summed E-state index contributed by atoms with van der Waals surface area (Å²) in [5, 5.41) is 46.2. The molecule has 1 amide bonds. The Morgan fingerprint density at radius 2 is 1.69 bits per heavy atom. The fraction of sp³-hybridized carbons (Fsp3) is 0.243. The Hall–Kier alpha value is -5.36. The summed E-state index contributed by atoms with van der Waals surface area (Å²) in [7, 11) is 0. The lowest BCUT2D eigenvalue weighted by atomic mass is 9.85. The van der Waals surface area contributed by atoms with Crippen molar-refractivity contribution in [2.75, 3.05) is 26.2 Å². The minimum Gasteiger partial charge on any atom is -0.506 e. The number of piperidine rings is 1. The van der Waals surface area contributed by atoms with Gasteiger partial charge < -0.3 is 35.6 Å². The van der Waals surface area contributed by atoms with Gasteiger partial charge >= 0.3 is 5.97 Å². The van der Waals surface area contributed by atoms with Crippen LogP contribution in [0.2, 0.25) is 0 Å². The van der Waals surface area contributed by atoms with E-state index in [0.717, 1.165) is 12.8 Å². The highest BCUT2D eigenvalue weighted by Gasteiger charge is 2.40. The number of rotatable bonds is 10. The Morgan fingerprint density at radius 1 is 0.938 bits per heavy atom. The zero-order valence-electron chi connectivity index (χ0n) is 26.0. The number of aliphatic carboxylic acids is 1. The number of likely N-dealkylation sites (tertiary alicyclic amines) is 1. The number of nitrogens with zero attached hydrogens (tertiary/aromatic N) is 2. The van der Waals surface area contributed by atoms with Gasteiger partial charge in [-0.3, -0.25) is 14.6 Å². The van der Waals surface area contributed by atoms with Gasteiger partial charge in [0.15, 0.2) is 0 Å². The molecule has 2 aromatic heterocycles. The topological polar surface area (TPSA) is 176 Å². The number of aromatic nitrogens is 2. The van der Waals surface area contributed by atoms with Gasteiger partial charge in [0.25, 0.3) is 5.91 Å². The number of hydrogen-bond donors (Lipinski definition) is 6. The van der Waals surface area contributed by atoms with Gasteiger partial charge in [-0.05, 0) is 66.3 Å². The maximum atomic E-state index is 13.5. The molecule has 1 aliphatic heterocycles. The second kappa shape index (κ2) is 13.8. The summed E-state index contributed by atoms with van der Waals surface area (Å²) in [6.07, 6.45) is 3.83. The summed E-state index contributed by atoms with van der Waals surface area (Å²) in [5.41, 5.74) is 0.370. The third-order valence-corrected chi connectivity index (χ3v) is 9.04. The van der Waals surface area contributed by atoms with Gasteiger partial charge in [0.2, 0.25) is 11.2 Å².